The van der Waals surface area contributed by atoms with Gasteiger partial charge in [-0.15, -0.1) is 5.56 Å². The van der Waals surface area contributed by atoms with Crippen molar-refractivity contribution in [1.29, 1.82) is 4.78 Å². The van der Waals surface area contributed by atoms with Gasteiger partial charge in [-0.1, -0.05) is 12.4 Å². The van der Waals surface area contributed by atoms with Crippen LogP contribution in [0.15, 0.2) is 18.3 Å². The largest absolute Gasteiger partial charge is 0.394 e. The number of aromatic nitrogens is 1. The second-order valence-corrected chi connectivity index (χ2v) is 6.22. The molecule has 15 heavy (non-hydrogen) atoms. The monoisotopic (exact) mass is 298 g/mol. The van der Waals surface area contributed by atoms with Crippen molar-refractivity contribution in [2.24, 2.45) is 0 Å². The quantitative estimate of drug-likeness (QED) is 0.844. The summed E-state index contributed by atoms with van der Waals surface area (Å²) < 4.78 is 19.5. The Hall–Kier alpha value is 0.204. The molecule has 2 rings (SSSR count). The van der Waals surface area contributed by atoms with Crippen LogP contribution in [0.3, 0.4) is 0 Å². The van der Waals surface area contributed by atoms with Gasteiger partial charge in [0.2, 0.25) is 0 Å². The van der Waals surface area contributed by atoms with E-state index in [4.69, 9.17) is 4.78 Å². The predicted octanol–water partition coefficient (Wildman–Crippen LogP) is 1.63. The zero-order valence-electron chi connectivity index (χ0n) is 8.48. The minimum absolute atomic E-state index is 0. The summed E-state index contributed by atoms with van der Waals surface area (Å²) in [5.74, 6) is 0.573. The van der Waals surface area contributed by atoms with E-state index >= 15 is 0 Å². The summed E-state index contributed by atoms with van der Waals surface area (Å²) in [7, 11) is -2.32. The third-order valence-electron chi connectivity index (χ3n) is 2.65. The molecule has 5 heteroatoms. The second kappa shape index (κ2) is 5.51. The van der Waals surface area contributed by atoms with Crippen LogP contribution in [0.1, 0.15) is 18.4 Å². The van der Waals surface area contributed by atoms with Crippen LogP contribution in [-0.4, -0.2) is 20.2 Å². The first-order chi connectivity index (χ1) is 6.68. The van der Waals surface area contributed by atoms with Gasteiger partial charge in [-0.2, -0.15) is 12.1 Å². The van der Waals surface area contributed by atoms with Crippen molar-refractivity contribution in [2.75, 3.05) is 5.75 Å². The number of hydrogen-bond donors (Lipinski definition) is 1. The summed E-state index contributed by atoms with van der Waals surface area (Å²) in [5.41, 5.74) is 1.07. The molecular weight excluding hydrogens is 285 g/mol. The van der Waals surface area contributed by atoms with Gasteiger partial charge in [-0.05, 0) is 19.3 Å². The Labute approximate surface area is 116 Å². The first-order valence-corrected chi connectivity index (χ1v) is 6.54. The molecular formula is C10H13N2OSY-. The van der Waals surface area contributed by atoms with Crippen LogP contribution in [0.4, 0.5) is 0 Å². The minimum atomic E-state index is -2.32. The summed E-state index contributed by atoms with van der Waals surface area (Å²) in [5, 5.41) is 0.0340. The van der Waals surface area contributed by atoms with E-state index in [2.05, 4.69) is 11.2 Å². The van der Waals surface area contributed by atoms with Crippen LogP contribution in [0.2, 0.25) is 0 Å². The number of nitrogens with one attached hydrogen (secondary N) is 1. The van der Waals surface area contributed by atoms with Crippen molar-refractivity contribution in [3.05, 3.63) is 30.1 Å². The maximum atomic E-state index is 11.8. The van der Waals surface area contributed by atoms with Crippen molar-refractivity contribution >= 4 is 9.73 Å². The van der Waals surface area contributed by atoms with Gasteiger partial charge in [0.25, 0.3) is 0 Å². The molecule has 1 aliphatic rings. The van der Waals surface area contributed by atoms with Crippen molar-refractivity contribution in [3.8, 4) is 0 Å². The summed E-state index contributed by atoms with van der Waals surface area (Å²) in [6, 6.07) is 3.69. The van der Waals surface area contributed by atoms with E-state index in [0.717, 1.165) is 24.8 Å². The Morgan fingerprint density at radius 3 is 3.00 bits per heavy atom. The third kappa shape index (κ3) is 3.33. The molecule has 0 spiro atoms. The van der Waals surface area contributed by atoms with E-state index in [1.807, 2.05) is 6.07 Å². The summed E-state index contributed by atoms with van der Waals surface area (Å²) >= 11 is 0. The standard InChI is InChI=1S/C10H13N2OS.Y/c11-14(13)6-2-4-10(14)7-9-3-1-5-12-8-9;/h1,3,8,10-11H,2,4,6-7H2;/q-1;. The Morgan fingerprint density at radius 1 is 1.67 bits per heavy atom. The number of hydrogen-bond acceptors (Lipinski definition) is 3. The third-order valence-corrected chi connectivity index (χ3v) is 5.03. The topological polar surface area (TPSA) is 53.8 Å². The molecule has 1 radical (unpaired) electrons. The van der Waals surface area contributed by atoms with E-state index in [0.29, 0.717) is 5.75 Å². The Kier molecular flexibility index (Phi) is 4.87. The first-order valence-electron chi connectivity index (χ1n) is 4.75. The molecule has 0 amide bonds. The summed E-state index contributed by atoms with van der Waals surface area (Å²) in [6.07, 6.45) is 7.03. The van der Waals surface area contributed by atoms with E-state index in [9.17, 15) is 4.21 Å². The molecule has 0 bridgehead atoms. The fraction of sp³-hybridized carbons (Fsp3) is 0.500. The number of pyridine rings is 1. The smallest absolute Gasteiger partial charge is 0.0473 e. The second-order valence-electron chi connectivity index (χ2n) is 3.69. The van der Waals surface area contributed by atoms with Crippen LogP contribution in [0, 0.1) is 11.0 Å². The van der Waals surface area contributed by atoms with Crippen molar-refractivity contribution in [3.63, 3.8) is 0 Å². The van der Waals surface area contributed by atoms with E-state index in [1.165, 1.54) is 0 Å². The molecule has 1 aromatic heterocycles. The predicted molar refractivity (Wildman–Crippen MR) is 55.5 cm³/mol. The van der Waals surface area contributed by atoms with Crippen molar-refractivity contribution < 1.29 is 36.9 Å². The molecule has 1 fully saturated rings. The normalized spacial score (nSPS) is 29.7. The maximum absolute atomic E-state index is 11.8. The molecule has 0 aromatic carbocycles. The molecule has 1 aromatic rings. The molecule has 0 aliphatic carbocycles. The minimum Gasteiger partial charge on any atom is -0.394 e. The first kappa shape index (κ1) is 13.3. The van der Waals surface area contributed by atoms with Gasteiger partial charge < -0.3 is 4.98 Å². The number of rotatable bonds is 2. The van der Waals surface area contributed by atoms with Crippen LogP contribution in [0.25, 0.3) is 0 Å². The summed E-state index contributed by atoms with van der Waals surface area (Å²) in [6.45, 7) is 0. The van der Waals surface area contributed by atoms with Gasteiger partial charge in [0, 0.05) is 53.4 Å². The van der Waals surface area contributed by atoms with Crippen LogP contribution in [0.5, 0.6) is 0 Å². The van der Waals surface area contributed by atoms with E-state index in [1.54, 1.807) is 12.3 Å². The molecule has 2 atom stereocenters. The average Bonchev–Trinajstić information content (AvgIpc) is 2.48. The fourth-order valence-electron chi connectivity index (χ4n) is 1.85. The van der Waals surface area contributed by atoms with Gasteiger partial charge >= 0.3 is 0 Å². The Bertz CT molecular complexity index is 405. The SMILES string of the molecule is N=S1(=O)CCCC1Cc1cc[c-]nc1.[Y]. The van der Waals surface area contributed by atoms with Gasteiger partial charge in [0.1, 0.15) is 0 Å². The maximum Gasteiger partial charge on any atom is 0.0473 e. The summed E-state index contributed by atoms with van der Waals surface area (Å²) in [4.78, 5) is 3.90. The average molecular weight is 298 g/mol. The molecule has 2 unspecified atom stereocenters. The zero-order chi connectivity index (χ0) is 10.0. The fourth-order valence-corrected chi connectivity index (χ4v) is 3.79. The van der Waals surface area contributed by atoms with Gasteiger partial charge in [-0.3, -0.25) is 4.78 Å². The Morgan fingerprint density at radius 2 is 2.47 bits per heavy atom. The molecule has 1 aliphatic heterocycles. The van der Waals surface area contributed by atoms with Gasteiger partial charge in [0.05, 0.1) is 0 Å². The van der Waals surface area contributed by atoms with Gasteiger partial charge in [0.15, 0.2) is 0 Å². The molecule has 0 saturated carbocycles. The van der Waals surface area contributed by atoms with Crippen molar-refractivity contribution in [1.82, 2.24) is 4.98 Å². The molecule has 1 N–H and O–H groups in total. The van der Waals surface area contributed by atoms with Crippen LogP contribution < -0.4 is 0 Å². The van der Waals surface area contributed by atoms with E-state index in [-0.39, 0.29) is 38.0 Å². The molecule has 1 saturated heterocycles. The number of nitrogens with zero attached hydrogens (tertiary/aromatic N) is 1. The van der Waals surface area contributed by atoms with Crippen molar-refractivity contribution in [2.45, 2.75) is 24.5 Å². The molecule has 2 heterocycles. The zero-order valence-corrected chi connectivity index (χ0v) is 12.1. The van der Waals surface area contributed by atoms with Crippen LogP contribution in [-0.2, 0) is 48.9 Å². The molecule has 79 valence electrons. The van der Waals surface area contributed by atoms with E-state index < -0.39 is 9.73 Å². The van der Waals surface area contributed by atoms with Gasteiger partial charge in [-0.25, -0.2) is 4.21 Å². The van der Waals surface area contributed by atoms with Crippen LogP contribution >= 0.6 is 0 Å². The molecule has 3 nitrogen and oxygen atoms in total. The Balaban J connectivity index is 0.00000112.